The van der Waals surface area contributed by atoms with Crippen molar-refractivity contribution in [2.75, 3.05) is 13.1 Å². The molecule has 108 valence electrons. The van der Waals surface area contributed by atoms with Crippen molar-refractivity contribution in [3.05, 3.63) is 35.9 Å². The van der Waals surface area contributed by atoms with E-state index in [1.807, 2.05) is 0 Å². The first-order valence-corrected chi connectivity index (χ1v) is 7.98. The molecule has 1 N–H and O–H groups in total. The van der Waals surface area contributed by atoms with E-state index in [0.717, 1.165) is 37.6 Å². The van der Waals surface area contributed by atoms with E-state index in [1.54, 1.807) is 0 Å². The molecule has 3 rings (SSSR count). The zero-order valence-corrected chi connectivity index (χ0v) is 12.4. The standard InChI is InChI=1S/C18H25NO/c1-14-2-4-15(5-3-14)16-6-8-17(9-7-16)20-18-10-12-19-13-11-18/h4,6-9,14,18-19H,2-3,5,10-13H2,1H3. The topological polar surface area (TPSA) is 21.3 Å². The van der Waals surface area contributed by atoms with Crippen LogP contribution in [0.1, 0.15) is 44.6 Å². The average Bonchev–Trinajstić information content (AvgIpc) is 2.50. The summed E-state index contributed by atoms with van der Waals surface area (Å²) < 4.78 is 6.06. The van der Waals surface area contributed by atoms with E-state index in [-0.39, 0.29) is 0 Å². The number of piperidine rings is 1. The highest BCUT2D eigenvalue weighted by molar-refractivity contribution is 5.66. The zero-order chi connectivity index (χ0) is 13.8. The maximum absolute atomic E-state index is 6.06. The number of ether oxygens (including phenoxy) is 1. The minimum atomic E-state index is 0.386. The van der Waals surface area contributed by atoms with Gasteiger partial charge in [0.25, 0.3) is 0 Å². The molecule has 0 saturated carbocycles. The van der Waals surface area contributed by atoms with Gasteiger partial charge >= 0.3 is 0 Å². The predicted octanol–water partition coefficient (Wildman–Crippen LogP) is 4.02. The molecule has 2 nitrogen and oxygen atoms in total. The Hall–Kier alpha value is -1.28. The normalized spacial score (nSPS) is 24.2. The van der Waals surface area contributed by atoms with Gasteiger partial charge in [0.05, 0.1) is 0 Å². The summed E-state index contributed by atoms with van der Waals surface area (Å²) in [5, 5.41) is 3.37. The molecule has 1 atom stereocenters. The van der Waals surface area contributed by atoms with E-state index in [2.05, 4.69) is 42.6 Å². The maximum atomic E-state index is 6.06. The van der Waals surface area contributed by atoms with Crippen LogP contribution in [0.2, 0.25) is 0 Å². The lowest BCUT2D eigenvalue weighted by molar-refractivity contribution is 0.162. The Morgan fingerprint density at radius 3 is 2.45 bits per heavy atom. The van der Waals surface area contributed by atoms with Crippen molar-refractivity contribution in [3.63, 3.8) is 0 Å². The second-order valence-electron chi connectivity index (χ2n) is 6.20. The van der Waals surface area contributed by atoms with Crippen molar-refractivity contribution in [1.82, 2.24) is 5.32 Å². The lowest BCUT2D eigenvalue weighted by Crippen LogP contribution is -2.34. The van der Waals surface area contributed by atoms with Crippen molar-refractivity contribution in [1.29, 1.82) is 0 Å². The minimum absolute atomic E-state index is 0.386. The summed E-state index contributed by atoms with van der Waals surface area (Å²) in [7, 11) is 0. The third-order valence-corrected chi connectivity index (χ3v) is 4.49. The third-order valence-electron chi connectivity index (χ3n) is 4.49. The van der Waals surface area contributed by atoms with Crippen LogP contribution in [0.5, 0.6) is 5.75 Å². The number of nitrogens with one attached hydrogen (secondary N) is 1. The van der Waals surface area contributed by atoms with Crippen molar-refractivity contribution >= 4 is 5.57 Å². The summed E-state index contributed by atoms with van der Waals surface area (Å²) in [6.45, 7) is 4.49. The summed E-state index contributed by atoms with van der Waals surface area (Å²) in [4.78, 5) is 0. The van der Waals surface area contributed by atoms with E-state index >= 15 is 0 Å². The first-order chi connectivity index (χ1) is 9.81. The number of benzene rings is 1. The maximum Gasteiger partial charge on any atom is 0.119 e. The second kappa shape index (κ2) is 6.45. The molecule has 0 amide bonds. The number of hydrogen-bond donors (Lipinski definition) is 1. The molecule has 2 aliphatic rings. The fourth-order valence-corrected chi connectivity index (χ4v) is 3.08. The molecule has 1 fully saturated rings. The smallest absolute Gasteiger partial charge is 0.119 e. The summed E-state index contributed by atoms with van der Waals surface area (Å²) in [5.74, 6) is 1.87. The van der Waals surface area contributed by atoms with Crippen LogP contribution >= 0.6 is 0 Å². The van der Waals surface area contributed by atoms with Crippen LogP contribution in [0, 0.1) is 5.92 Å². The summed E-state index contributed by atoms with van der Waals surface area (Å²) in [6.07, 6.45) is 8.79. The van der Waals surface area contributed by atoms with Gasteiger partial charge in [-0.2, -0.15) is 0 Å². The van der Waals surface area contributed by atoms with Crippen LogP contribution in [-0.4, -0.2) is 19.2 Å². The van der Waals surface area contributed by atoms with Crippen molar-refractivity contribution < 1.29 is 4.74 Å². The molecule has 1 aromatic rings. The van der Waals surface area contributed by atoms with E-state index in [9.17, 15) is 0 Å². The zero-order valence-electron chi connectivity index (χ0n) is 12.4. The number of rotatable bonds is 3. The molecule has 0 radical (unpaired) electrons. The average molecular weight is 271 g/mol. The number of allylic oxidation sites excluding steroid dienone is 2. The van der Waals surface area contributed by atoms with Gasteiger partial charge in [-0.3, -0.25) is 0 Å². The molecule has 0 spiro atoms. The van der Waals surface area contributed by atoms with E-state index < -0.39 is 0 Å². The Kier molecular flexibility index (Phi) is 4.41. The monoisotopic (exact) mass is 271 g/mol. The Balaban J connectivity index is 1.62. The SMILES string of the molecule is CC1CC=C(c2ccc(OC3CCNCC3)cc2)CC1. The third kappa shape index (κ3) is 3.43. The largest absolute Gasteiger partial charge is 0.490 e. The summed E-state index contributed by atoms with van der Waals surface area (Å²) in [5.41, 5.74) is 2.88. The summed E-state index contributed by atoms with van der Waals surface area (Å²) >= 11 is 0. The minimum Gasteiger partial charge on any atom is -0.490 e. The van der Waals surface area contributed by atoms with Crippen molar-refractivity contribution in [3.8, 4) is 5.75 Å². The molecule has 1 aromatic carbocycles. The fourth-order valence-electron chi connectivity index (χ4n) is 3.08. The highest BCUT2D eigenvalue weighted by Crippen LogP contribution is 2.30. The van der Waals surface area contributed by atoms with Gasteiger partial charge in [-0.25, -0.2) is 0 Å². The Labute approximate surface area is 122 Å². The van der Waals surface area contributed by atoms with Crippen molar-refractivity contribution in [2.24, 2.45) is 5.92 Å². The predicted molar refractivity (Wildman–Crippen MR) is 84.0 cm³/mol. The molecular formula is C18H25NO. The summed E-state index contributed by atoms with van der Waals surface area (Å²) in [6, 6.07) is 8.71. The van der Waals surface area contributed by atoms with Gasteiger partial charge in [-0.05, 0) is 74.4 Å². The second-order valence-corrected chi connectivity index (χ2v) is 6.20. The van der Waals surface area contributed by atoms with Crippen LogP contribution in [0.4, 0.5) is 0 Å². The van der Waals surface area contributed by atoms with Gasteiger partial charge in [0, 0.05) is 0 Å². The van der Waals surface area contributed by atoms with Gasteiger partial charge in [0.2, 0.25) is 0 Å². The quantitative estimate of drug-likeness (QED) is 0.896. The van der Waals surface area contributed by atoms with Crippen LogP contribution < -0.4 is 10.1 Å². The van der Waals surface area contributed by atoms with Crippen LogP contribution in [-0.2, 0) is 0 Å². The molecule has 1 aliphatic heterocycles. The lowest BCUT2D eigenvalue weighted by Gasteiger charge is -2.24. The highest BCUT2D eigenvalue weighted by Gasteiger charge is 2.15. The molecule has 0 aromatic heterocycles. The Morgan fingerprint density at radius 1 is 1.05 bits per heavy atom. The molecule has 2 heteroatoms. The Bertz CT molecular complexity index is 457. The highest BCUT2D eigenvalue weighted by atomic mass is 16.5. The lowest BCUT2D eigenvalue weighted by atomic mass is 9.88. The first-order valence-electron chi connectivity index (χ1n) is 7.98. The van der Waals surface area contributed by atoms with E-state index in [4.69, 9.17) is 4.74 Å². The molecule has 20 heavy (non-hydrogen) atoms. The van der Waals surface area contributed by atoms with E-state index in [0.29, 0.717) is 6.10 Å². The van der Waals surface area contributed by atoms with Gasteiger partial charge < -0.3 is 10.1 Å². The molecular weight excluding hydrogens is 246 g/mol. The van der Waals surface area contributed by atoms with Gasteiger partial charge in [0.15, 0.2) is 0 Å². The van der Waals surface area contributed by atoms with Crippen LogP contribution in [0.25, 0.3) is 5.57 Å². The van der Waals surface area contributed by atoms with Gasteiger partial charge in [-0.1, -0.05) is 25.1 Å². The van der Waals surface area contributed by atoms with Crippen LogP contribution in [0.3, 0.4) is 0 Å². The van der Waals surface area contributed by atoms with Gasteiger partial charge in [-0.15, -0.1) is 0 Å². The molecule has 1 unspecified atom stereocenters. The molecule has 1 heterocycles. The van der Waals surface area contributed by atoms with Crippen LogP contribution in [0.15, 0.2) is 30.3 Å². The molecule has 1 aliphatic carbocycles. The fraction of sp³-hybridized carbons (Fsp3) is 0.556. The number of hydrogen-bond acceptors (Lipinski definition) is 2. The van der Waals surface area contributed by atoms with Crippen molar-refractivity contribution in [2.45, 2.75) is 45.1 Å². The molecule has 1 saturated heterocycles. The molecule has 0 bridgehead atoms. The van der Waals surface area contributed by atoms with Gasteiger partial charge in [0.1, 0.15) is 11.9 Å². The van der Waals surface area contributed by atoms with E-state index in [1.165, 1.54) is 30.4 Å². The first kappa shape index (κ1) is 13.7. The Morgan fingerprint density at radius 2 is 1.80 bits per heavy atom.